The monoisotopic (exact) mass is 481 g/mol. The number of methoxy groups -OCH3 is 1. The van der Waals surface area contributed by atoms with E-state index in [0.29, 0.717) is 30.6 Å². The zero-order valence-corrected chi connectivity index (χ0v) is 21.0. The number of piperidine rings is 1. The van der Waals surface area contributed by atoms with E-state index in [2.05, 4.69) is 58.0 Å². The summed E-state index contributed by atoms with van der Waals surface area (Å²) in [6, 6.07) is 8.39. The van der Waals surface area contributed by atoms with Crippen molar-refractivity contribution in [3.63, 3.8) is 0 Å². The molecule has 0 bridgehead atoms. The molecular formula is C26H36FN7O. The maximum absolute atomic E-state index is 14.4. The molecule has 1 aromatic carbocycles. The molecule has 2 atom stereocenters. The van der Waals surface area contributed by atoms with E-state index in [1.165, 1.54) is 35.5 Å². The fraction of sp³-hybridized carbons (Fsp3) is 0.500. The zero-order valence-electron chi connectivity index (χ0n) is 21.0. The second-order valence-corrected chi connectivity index (χ2v) is 9.18. The minimum absolute atomic E-state index is 0.229. The topological polar surface area (TPSA) is 92.4 Å². The number of rotatable bonds is 6. The van der Waals surface area contributed by atoms with Gasteiger partial charge in [0.1, 0.15) is 17.8 Å². The highest BCUT2D eigenvalue weighted by atomic mass is 19.1. The Morgan fingerprint density at radius 1 is 1.06 bits per heavy atom. The van der Waals surface area contributed by atoms with Gasteiger partial charge in [0.15, 0.2) is 0 Å². The molecule has 188 valence electrons. The Bertz CT molecular complexity index is 1140. The van der Waals surface area contributed by atoms with Gasteiger partial charge in [0.05, 0.1) is 12.6 Å². The summed E-state index contributed by atoms with van der Waals surface area (Å²) < 4.78 is 19.6. The Balaban J connectivity index is 0.00000141. The standard InChI is InChI=1S/C25H31FN6O.CH5N/c1-16(2)17-5-6-21(31-10-4-11-31)19-14-28-24(13-18(17)19)29-23-7-9-27-25(30-23)32-12-8-22(33-3)20(26)15-32;1-2/h5-7,9,13-14,16,20,22H,4,8,10-12,15H2,1-3H3,(H,27,28,29,30);2H2,1H3. The number of aromatic nitrogens is 3. The summed E-state index contributed by atoms with van der Waals surface area (Å²) >= 11 is 0. The Morgan fingerprint density at radius 2 is 1.86 bits per heavy atom. The molecule has 2 saturated heterocycles. The first-order valence-corrected chi connectivity index (χ1v) is 12.3. The predicted molar refractivity (Wildman–Crippen MR) is 141 cm³/mol. The minimum atomic E-state index is -1.05. The van der Waals surface area contributed by atoms with Crippen LogP contribution < -0.4 is 20.9 Å². The molecule has 4 heterocycles. The highest BCUT2D eigenvalue weighted by Gasteiger charge is 2.30. The summed E-state index contributed by atoms with van der Waals surface area (Å²) in [4.78, 5) is 18.0. The van der Waals surface area contributed by atoms with Crippen molar-refractivity contribution in [1.82, 2.24) is 15.0 Å². The summed E-state index contributed by atoms with van der Waals surface area (Å²) in [7, 11) is 3.06. The Kier molecular flexibility index (Phi) is 7.97. The van der Waals surface area contributed by atoms with E-state index < -0.39 is 6.17 Å². The van der Waals surface area contributed by atoms with Crippen molar-refractivity contribution < 1.29 is 9.13 Å². The Hall–Kier alpha value is -3.04. The molecule has 5 rings (SSSR count). The fourth-order valence-electron chi connectivity index (χ4n) is 4.68. The van der Waals surface area contributed by atoms with Crippen LogP contribution in [0.15, 0.2) is 36.7 Å². The van der Waals surface area contributed by atoms with E-state index in [1.807, 2.05) is 17.2 Å². The number of hydrogen-bond donors (Lipinski definition) is 2. The smallest absolute Gasteiger partial charge is 0.227 e. The molecule has 0 spiro atoms. The van der Waals surface area contributed by atoms with E-state index >= 15 is 0 Å². The molecule has 9 heteroatoms. The van der Waals surface area contributed by atoms with Crippen LogP contribution in [0.5, 0.6) is 0 Å². The van der Waals surface area contributed by atoms with E-state index in [-0.39, 0.29) is 12.6 Å². The lowest BCUT2D eigenvalue weighted by Crippen LogP contribution is -2.46. The Labute approximate surface area is 206 Å². The van der Waals surface area contributed by atoms with Gasteiger partial charge in [-0.2, -0.15) is 4.98 Å². The third kappa shape index (κ3) is 5.31. The molecule has 2 aromatic heterocycles. The second kappa shape index (κ2) is 11.1. The number of ether oxygens (including phenoxy) is 1. The summed E-state index contributed by atoms with van der Waals surface area (Å²) in [5.74, 6) is 2.29. The van der Waals surface area contributed by atoms with Gasteiger partial charge in [-0.05, 0) is 55.0 Å². The van der Waals surface area contributed by atoms with Crippen molar-refractivity contribution in [2.24, 2.45) is 5.73 Å². The number of anilines is 4. The molecule has 3 N–H and O–H groups in total. The van der Waals surface area contributed by atoms with Crippen molar-refractivity contribution >= 4 is 34.0 Å². The molecule has 2 unspecified atom stereocenters. The van der Waals surface area contributed by atoms with Gasteiger partial charge in [-0.1, -0.05) is 19.9 Å². The largest absolute Gasteiger partial charge is 0.378 e. The summed E-state index contributed by atoms with van der Waals surface area (Å²) in [5, 5.41) is 5.72. The summed E-state index contributed by atoms with van der Waals surface area (Å²) in [5.41, 5.74) is 7.06. The quantitative estimate of drug-likeness (QED) is 0.540. The molecule has 0 saturated carbocycles. The number of pyridine rings is 1. The molecular weight excluding hydrogens is 445 g/mol. The SMILES string of the molecule is CN.COC1CCN(c2nccc(Nc3cc4c(C(C)C)ccc(N5CCC5)c4cn3)n2)CC1F. The van der Waals surface area contributed by atoms with Crippen molar-refractivity contribution in [3.05, 3.63) is 42.2 Å². The van der Waals surface area contributed by atoms with Crippen molar-refractivity contribution in [1.29, 1.82) is 0 Å². The zero-order chi connectivity index (χ0) is 24.9. The maximum atomic E-state index is 14.4. The highest BCUT2D eigenvalue weighted by Crippen LogP contribution is 2.36. The van der Waals surface area contributed by atoms with Gasteiger partial charge >= 0.3 is 0 Å². The lowest BCUT2D eigenvalue weighted by atomic mass is 9.95. The number of halogens is 1. The molecule has 8 nitrogen and oxygen atoms in total. The van der Waals surface area contributed by atoms with Crippen molar-refractivity contribution in [3.8, 4) is 0 Å². The average molecular weight is 482 g/mol. The van der Waals surface area contributed by atoms with Gasteiger partial charge in [0, 0.05) is 50.2 Å². The maximum Gasteiger partial charge on any atom is 0.227 e. The van der Waals surface area contributed by atoms with Crippen LogP contribution in [0.25, 0.3) is 10.8 Å². The lowest BCUT2D eigenvalue weighted by Gasteiger charge is -2.34. The third-order valence-corrected chi connectivity index (χ3v) is 6.70. The van der Waals surface area contributed by atoms with Gasteiger partial charge < -0.3 is 25.6 Å². The summed E-state index contributed by atoms with van der Waals surface area (Å²) in [6.07, 6.45) is 4.10. The number of nitrogens with two attached hydrogens (primary N) is 1. The van der Waals surface area contributed by atoms with Crippen LogP contribution in [-0.4, -0.2) is 67.6 Å². The minimum Gasteiger partial charge on any atom is -0.378 e. The van der Waals surface area contributed by atoms with E-state index in [9.17, 15) is 4.39 Å². The lowest BCUT2D eigenvalue weighted by molar-refractivity contribution is 0.0194. The van der Waals surface area contributed by atoms with Gasteiger partial charge in [-0.25, -0.2) is 14.4 Å². The van der Waals surface area contributed by atoms with Crippen LogP contribution in [0, 0.1) is 0 Å². The normalized spacial score (nSPS) is 19.9. The third-order valence-electron chi connectivity index (χ3n) is 6.70. The van der Waals surface area contributed by atoms with Crippen LogP contribution in [0.1, 0.15) is 38.2 Å². The molecule has 0 amide bonds. The van der Waals surface area contributed by atoms with Crippen molar-refractivity contribution in [2.45, 2.75) is 44.9 Å². The molecule has 2 aliphatic rings. The molecule has 2 aliphatic heterocycles. The first-order valence-electron chi connectivity index (χ1n) is 12.3. The van der Waals surface area contributed by atoms with Crippen molar-refractivity contribution in [2.75, 3.05) is 55.5 Å². The molecule has 35 heavy (non-hydrogen) atoms. The number of alkyl halides is 1. The second-order valence-electron chi connectivity index (χ2n) is 9.18. The molecule has 0 radical (unpaired) electrons. The highest BCUT2D eigenvalue weighted by molar-refractivity contribution is 5.98. The van der Waals surface area contributed by atoms with E-state index in [4.69, 9.17) is 9.72 Å². The van der Waals surface area contributed by atoms with Crippen LogP contribution in [-0.2, 0) is 4.74 Å². The number of hydrogen-bond acceptors (Lipinski definition) is 8. The average Bonchev–Trinajstić information content (AvgIpc) is 2.84. The Morgan fingerprint density at radius 3 is 2.51 bits per heavy atom. The van der Waals surface area contributed by atoms with Crippen LogP contribution in [0.3, 0.4) is 0 Å². The number of benzene rings is 1. The molecule has 2 fully saturated rings. The first-order chi connectivity index (χ1) is 17.0. The van der Waals surface area contributed by atoms with Gasteiger partial charge in [-0.15, -0.1) is 0 Å². The molecule has 3 aromatic rings. The van der Waals surface area contributed by atoms with Crippen LogP contribution in [0.2, 0.25) is 0 Å². The predicted octanol–water partition coefficient (Wildman–Crippen LogP) is 4.24. The van der Waals surface area contributed by atoms with Crippen LogP contribution >= 0.6 is 0 Å². The summed E-state index contributed by atoms with van der Waals surface area (Å²) in [6.45, 7) is 7.52. The number of nitrogens with one attached hydrogen (secondary N) is 1. The number of fused-ring (bicyclic) bond motifs is 1. The first kappa shape index (κ1) is 25.1. The van der Waals surface area contributed by atoms with Gasteiger partial charge in [0.25, 0.3) is 0 Å². The van der Waals surface area contributed by atoms with Gasteiger partial charge in [0.2, 0.25) is 5.95 Å². The van der Waals surface area contributed by atoms with Gasteiger partial charge in [-0.3, -0.25) is 0 Å². The number of nitrogens with zero attached hydrogens (tertiary/aromatic N) is 5. The van der Waals surface area contributed by atoms with E-state index in [1.54, 1.807) is 13.3 Å². The molecule has 0 aliphatic carbocycles. The van der Waals surface area contributed by atoms with Crippen LogP contribution in [0.4, 0.5) is 27.7 Å². The van der Waals surface area contributed by atoms with E-state index in [0.717, 1.165) is 18.9 Å². The fourth-order valence-corrected chi connectivity index (χ4v) is 4.68.